The van der Waals surface area contributed by atoms with Gasteiger partial charge < -0.3 is 5.11 Å². The van der Waals surface area contributed by atoms with Crippen molar-refractivity contribution in [3.05, 3.63) is 27.0 Å². The highest BCUT2D eigenvalue weighted by Gasteiger charge is 2.24. The van der Waals surface area contributed by atoms with E-state index in [9.17, 15) is 13.5 Å². The van der Waals surface area contributed by atoms with Crippen molar-refractivity contribution >= 4 is 37.3 Å². The quantitative estimate of drug-likeness (QED) is 0.809. The minimum atomic E-state index is -3.78. The second-order valence-corrected chi connectivity index (χ2v) is 6.95. The number of sulfonamides is 1. The van der Waals surface area contributed by atoms with E-state index in [4.69, 9.17) is 0 Å². The molecule has 2 aromatic rings. The maximum atomic E-state index is 12.1. The van der Waals surface area contributed by atoms with Gasteiger partial charge in [-0.2, -0.15) is 11.3 Å². The van der Waals surface area contributed by atoms with Crippen molar-refractivity contribution in [2.45, 2.75) is 11.1 Å². The van der Waals surface area contributed by atoms with Crippen LogP contribution >= 0.6 is 27.3 Å². The van der Waals surface area contributed by atoms with E-state index in [0.29, 0.717) is 5.56 Å². The second-order valence-electron chi connectivity index (χ2n) is 3.73. The van der Waals surface area contributed by atoms with Crippen LogP contribution in [-0.4, -0.2) is 35.1 Å². The summed E-state index contributed by atoms with van der Waals surface area (Å²) in [6.07, 6.45) is -0.888. The third-order valence-corrected chi connectivity index (χ3v) is 5.40. The van der Waals surface area contributed by atoms with E-state index in [-0.39, 0.29) is 16.2 Å². The molecule has 0 saturated carbocycles. The summed E-state index contributed by atoms with van der Waals surface area (Å²) in [6.45, 7) is -0.114. The SMILES string of the molecule is Cn1nnc(Br)c1S(=O)(=O)NCC(O)c1ccsc1. The van der Waals surface area contributed by atoms with Crippen molar-refractivity contribution in [1.82, 2.24) is 19.7 Å². The Morgan fingerprint density at radius 1 is 1.63 bits per heavy atom. The lowest BCUT2D eigenvalue weighted by Crippen LogP contribution is -2.30. The molecule has 1 unspecified atom stereocenters. The number of halogens is 1. The maximum Gasteiger partial charge on any atom is 0.260 e. The third-order valence-electron chi connectivity index (χ3n) is 2.39. The first kappa shape index (κ1) is 14.6. The smallest absolute Gasteiger partial charge is 0.260 e. The average Bonchev–Trinajstić information content (AvgIpc) is 2.96. The number of aliphatic hydroxyl groups excluding tert-OH is 1. The zero-order chi connectivity index (χ0) is 14.0. The summed E-state index contributed by atoms with van der Waals surface area (Å²) >= 11 is 4.46. The van der Waals surface area contributed by atoms with E-state index < -0.39 is 16.1 Å². The minimum Gasteiger partial charge on any atom is -0.387 e. The molecule has 10 heteroatoms. The molecule has 0 aromatic carbocycles. The molecule has 2 rings (SSSR count). The molecule has 0 bridgehead atoms. The van der Waals surface area contributed by atoms with Crippen LogP contribution in [-0.2, 0) is 17.1 Å². The van der Waals surface area contributed by atoms with Crippen LogP contribution in [0.5, 0.6) is 0 Å². The summed E-state index contributed by atoms with van der Waals surface area (Å²) in [5.41, 5.74) is 0.676. The van der Waals surface area contributed by atoms with Crippen molar-refractivity contribution in [1.29, 1.82) is 0 Å². The second kappa shape index (κ2) is 5.67. The molecule has 2 aromatic heterocycles. The van der Waals surface area contributed by atoms with Crippen LogP contribution in [0.4, 0.5) is 0 Å². The fraction of sp³-hybridized carbons (Fsp3) is 0.333. The summed E-state index contributed by atoms with van der Waals surface area (Å²) in [5.74, 6) is 0. The van der Waals surface area contributed by atoms with Gasteiger partial charge in [0, 0.05) is 13.6 Å². The molecular formula is C9H11BrN4O3S2. The normalized spacial score (nSPS) is 13.6. The maximum absolute atomic E-state index is 12.1. The Hall–Kier alpha value is -0.810. The topological polar surface area (TPSA) is 97.1 Å². The highest BCUT2D eigenvalue weighted by Crippen LogP contribution is 2.19. The van der Waals surface area contributed by atoms with E-state index in [1.54, 1.807) is 11.4 Å². The van der Waals surface area contributed by atoms with Gasteiger partial charge in [-0.15, -0.1) is 5.10 Å². The zero-order valence-corrected chi connectivity index (χ0v) is 13.0. The number of nitrogens with zero attached hydrogens (tertiary/aromatic N) is 3. The van der Waals surface area contributed by atoms with Gasteiger partial charge in [-0.3, -0.25) is 0 Å². The average molecular weight is 367 g/mol. The van der Waals surface area contributed by atoms with Crippen LogP contribution in [0.2, 0.25) is 0 Å². The summed E-state index contributed by atoms with van der Waals surface area (Å²) in [6, 6.07) is 1.74. The number of rotatable bonds is 5. The summed E-state index contributed by atoms with van der Waals surface area (Å²) in [5, 5.41) is 20.5. The highest BCUT2D eigenvalue weighted by molar-refractivity contribution is 9.10. The molecule has 0 saturated heterocycles. The number of hydrogen-bond acceptors (Lipinski definition) is 6. The summed E-state index contributed by atoms with van der Waals surface area (Å²) < 4.78 is 27.7. The molecule has 0 amide bonds. The van der Waals surface area contributed by atoms with Crippen molar-refractivity contribution in [3.63, 3.8) is 0 Å². The Kier molecular flexibility index (Phi) is 4.36. The predicted octanol–water partition coefficient (Wildman–Crippen LogP) is 0.651. The highest BCUT2D eigenvalue weighted by atomic mass is 79.9. The van der Waals surface area contributed by atoms with Gasteiger partial charge in [0.15, 0.2) is 4.60 Å². The van der Waals surface area contributed by atoms with Crippen LogP contribution in [0.25, 0.3) is 0 Å². The lowest BCUT2D eigenvalue weighted by atomic mass is 10.2. The number of hydrogen-bond donors (Lipinski definition) is 2. The van der Waals surface area contributed by atoms with Crippen LogP contribution < -0.4 is 4.72 Å². The Labute approximate surface area is 122 Å². The first-order valence-corrected chi connectivity index (χ1v) is 8.38. The van der Waals surface area contributed by atoms with E-state index in [1.165, 1.54) is 18.4 Å². The Morgan fingerprint density at radius 2 is 2.37 bits per heavy atom. The summed E-state index contributed by atoms with van der Waals surface area (Å²) in [7, 11) is -2.31. The Balaban J connectivity index is 2.11. The molecule has 2 N–H and O–H groups in total. The third kappa shape index (κ3) is 3.20. The number of aromatic nitrogens is 3. The predicted molar refractivity (Wildman–Crippen MR) is 73.2 cm³/mol. The van der Waals surface area contributed by atoms with Gasteiger partial charge in [-0.1, -0.05) is 5.21 Å². The lowest BCUT2D eigenvalue weighted by molar-refractivity contribution is 0.182. The van der Waals surface area contributed by atoms with Gasteiger partial charge in [-0.05, 0) is 38.3 Å². The molecule has 1 atom stereocenters. The molecule has 0 spiro atoms. The van der Waals surface area contributed by atoms with E-state index in [0.717, 1.165) is 4.68 Å². The Morgan fingerprint density at radius 3 is 2.89 bits per heavy atom. The number of thiophene rings is 1. The van der Waals surface area contributed by atoms with Gasteiger partial charge in [0.2, 0.25) is 5.03 Å². The largest absolute Gasteiger partial charge is 0.387 e. The monoisotopic (exact) mass is 366 g/mol. The first-order chi connectivity index (χ1) is 8.92. The van der Waals surface area contributed by atoms with Crippen LogP contribution in [0.1, 0.15) is 11.7 Å². The zero-order valence-electron chi connectivity index (χ0n) is 9.82. The van der Waals surface area contributed by atoms with Gasteiger partial charge in [0.25, 0.3) is 10.0 Å². The van der Waals surface area contributed by atoms with Gasteiger partial charge in [0.1, 0.15) is 0 Å². The van der Waals surface area contributed by atoms with Gasteiger partial charge in [0.05, 0.1) is 6.10 Å². The molecular weight excluding hydrogens is 356 g/mol. The minimum absolute atomic E-state index is 0.0787. The van der Waals surface area contributed by atoms with Crippen LogP contribution in [0.15, 0.2) is 26.5 Å². The fourth-order valence-corrected chi connectivity index (χ4v) is 4.28. The van der Waals surface area contributed by atoms with Gasteiger partial charge in [-0.25, -0.2) is 17.8 Å². The van der Waals surface area contributed by atoms with Crippen molar-refractivity contribution in [2.24, 2.45) is 7.05 Å². The van der Waals surface area contributed by atoms with Crippen molar-refractivity contribution in [3.8, 4) is 0 Å². The first-order valence-electron chi connectivity index (χ1n) is 5.17. The molecule has 0 aliphatic carbocycles. The summed E-state index contributed by atoms with van der Waals surface area (Å²) in [4.78, 5) is 0. The van der Waals surface area contributed by atoms with E-state index in [2.05, 4.69) is 31.0 Å². The lowest BCUT2D eigenvalue weighted by Gasteiger charge is -2.11. The molecule has 104 valence electrons. The van der Waals surface area contributed by atoms with E-state index >= 15 is 0 Å². The van der Waals surface area contributed by atoms with Crippen molar-refractivity contribution in [2.75, 3.05) is 6.54 Å². The molecule has 7 nitrogen and oxygen atoms in total. The molecule has 19 heavy (non-hydrogen) atoms. The van der Waals surface area contributed by atoms with Crippen LogP contribution in [0, 0.1) is 0 Å². The fourth-order valence-electron chi connectivity index (χ4n) is 1.45. The standard InChI is InChI=1S/C9H11BrN4O3S2/c1-14-9(8(10)12-13-14)19(16,17)11-4-7(15)6-2-3-18-5-6/h2-3,5,7,11,15H,4H2,1H3. The number of aliphatic hydroxyl groups is 1. The molecule has 0 aliphatic heterocycles. The molecule has 0 radical (unpaired) electrons. The molecule has 0 aliphatic rings. The van der Waals surface area contributed by atoms with Crippen molar-refractivity contribution < 1.29 is 13.5 Å². The van der Waals surface area contributed by atoms with Crippen LogP contribution in [0.3, 0.4) is 0 Å². The number of nitrogens with one attached hydrogen (secondary N) is 1. The molecule has 0 fully saturated rings. The van der Waals surface area contributed by atoms with E-state index in [1.807, 2.05) is 5.38 Å². The Bertz CT molecular complexity index is 634. The number of aryl methyl sites for hydroxylation is 1. The molecule has 2 heterocycles. The van der Waals surface area contributed by atoms with Gasteiger partial charge >= 0.3 is 0 Å².